The minimum Gasteiger partial charge on any atom is -0.353 e. The number of rotatable bonds is 5. The van der Waals surface area contributed by atoms with E-state index < -0.39 is 0 Å². The molecular formula is C11H14ClN5S2. The number of hydrogen-bond donors (Lipinski definition) is 0. The Morgan fingerprint density at radius 3 is 2.74 bits per heavy atom. The third kappa shape index (κ3) is 4.02. The molecule has 19 heavy (non-hydrogen) atoms. The second-order valence-electron chi connectivity index (χ2n) is 4.04. The predicted molar refractivity (Wildman–Crippen MR) is 79.4 cm³/mol. The molecule has 102 valence electrons. The van der Waals surface area contributed by atoms with Gasteiger partial charge >= 0.3 is 0 Å². The molecule has 2 rings (SSSR count). The molecular weight excluding hydrogens is 302 g/mol. The lowest BCUT2D eigenvalue weighted by molar-refractivity contribution is 0.809. The molecule has 0 saturated heterocycles. The Labute approximate surface area is 125 Å². The molecule has 0 unspecified atom stereocenters. The van der Waals surface area contributed by atoms with Crippen LogP contribution in [0.1, 0.15) is 19.2 Å². The van der Waals surface area contributed by atoms with E-state index in [1.807, 2.05) is 19.0 Å². The number of aryl methyl sites for hydroxylation is 1. The minimum atomic E-state index is 0.471. The Morgan fingerprint density at radius 1 is 1.32 bits per heavy atom. The van der Waals surface area contributed by atoms with Gasteiger partial charge in [0.2, 0.25) is 5.13 Å². The van der Waals surface area contributed by atoms with Crippen LogP contribution in [-0.4, -0.2) is 34.3 Å². The summed E-state index contributed by atoms with van der Waals surface area (Å²) in [5, 5.41) is 10.4. The zero-order valence-electron chi connectivity index (χ0n) is 10.9. The van der Waals surface area contributed by atoms with Crippen LogP contribution in [0.2, 0.25) is 5.15 Å². The summed E-state index contributed by atoms with van der Waals surface area (Å²) in [4.78, 5) is 10.6. The van der Waals surface area contributed by atoms with Crippen molar-refractivity contribution in [3.63, 3.8) is 0 Å². The number of hydrogen-bond acceptors (Lipinski definition) is 7. The minimum absolute atomic E-state index is 0.471. The summed E-state index contributed by atoms with van der Waals surface area (Å²) in [7, 11) is 3.88. The topological polar surface area (TPSA) is 54.8 Å². The average Bonchev–Trinajstić information content (AvgIpc) is 2.77. The predicted octanol–water partition coefficient (Wildman–Crippen LogP) is 3.15. The largest absolute Gasteiger partial charge is 0.353 e. The maximum absolute atomic E-state index is 6.00. The molecule has 0 amide bonds. The van der Waals surface area contributed by atoms with Crippen molar-refractivity contribution in [2.45, 2.75) is 29.1 Å². The van der Waals surface area contributed by atoms with Gasteiger partial charge < -0.3 is 4.90 Å². The molecule has 0 N–H and O–H groups in total. The van der Waals surface area contributed by atoms with Gasteiger partial charge in [0.15, 0.2) is 4.34 Å². The van der Waals surface area contributed by atoms with Crippen LogP contribution in [0.5, 0.6) is 0 Å². The zero-order chi connectivity index (χ0) is 13.8. The molecule has 2 aromatic heterocycles. The molecule has 0 saturated carbocycles. The standard InChI is InChI=1S/C11H14ClN5S2/c1-4-5-8-13-7(12)6-9(14-8)18-11-16-15-10(19-11)17(2)3/h6H,4-5H2,1-3H3. The molecule has 8 heteroatoms. The fourth-order valence-electron chi connectivity index (χ4n) is 1.34. The molecule has 0 aliphatic carbocycles. The Morgan fingerprint density at radius 2 is 2.11 bits per heavy atom. The normalized spacial score (nSPS) is 10.7. The van der Waals surface area contributed by atoms with Gasteiger partial charge in [-0.15, -0.1) is 10.2 Å². The highest BCUT2D eigenvalue weighted by molar-refractivity contribution is 8.01. The van der Waals surface area contributed by atoms with Gasteiger partial charge in [-0.1, -0.05) is 29.9 Å². The highest BCUT2D eigenvalue weighted by Gasteiger charge is 2.10. The van der Waals surface area contributed by atoms with Crippen molar-refractivity contribution in [2.24, 2.45) is 0 Å². The van der Waals surface area contributed by atoms with E-state index in [1.165, 1.54) is 23.1 Å². The second-order valence-corrected chi connectivity index (χ2v) is 6.65. The lowest BCUT2D eigenvalue weighted by Gasteiger charge is -2.04. The van der Waals surface area contributed by atoms with Crippen molar-refractivity contribution >= 4 is 39.8 Å². The van der Waals surface area contributed by atoms with E-state index in [4.69, 9.17) is 11.6 Å². The quantitative estimate of drug-likeness (QED) is 0.790. The molecule has 2 aromatic rings. The average molecular weight is 316 g/mol. The molecule has 0 atom stereocenters. The van der Waals surface area contributed by atoms with Crippen molar-refractivity contribution < 1.29 is 0 Å². The summed E-state index contributed by atoms with van der Waals surface area (Å²) in [5.41, 5.74) is 0. The molecule has 5 nitrogen and oxygen atoms in total. The molecule has 0 aromatic carbocycles. The number of nitrogens with zero attached hydrogens (tertiary/aromatic N) is 5. The zero-order valence-corrected chi connectivity index (χ0v) is 13.3. The molecule has 0 aliphatic heterocycles. The van der Waals surface area contributed by atoms with Crippen LogP contribution in [-0.2, 0) is 6.42 Å². The summed E-state index contributed by atoms with van der Waals surface area (Å²) in [5.74, 6) is 0.773. The van der Waals surface area contributed by atoms with E-state index >= 15 is 0 Å². The number of anilines is 1. The molecule has 0 fully saturated rings. The van der Waals surface area contributed by atoms with Gasteiger partial charge in [0.1, 0.15) is 16.0 Å². The van der Waals surface area contributed by atoms with Gasteiger partial charge in [-0.05, 0) is 18.2 Å². The highest BCUT2D eigenvalue weighted by atomic mass is 35.5. The third-order valence-electron chi connectivity index (χ3n) is 2.16. The van der Waals surface area contributed by atoms with E-state index in [9.17, 15) is 0 Å². The van der Waals surface area contributed by atoms with Crippen molar-refractivity contribution in [3.05, 3.63) is 17.0 Å². The smallest absolute Gasteiger partial charge is 0.208 e. The van der Waals surface area contributed by atoms with Crippen LogP contribution in [0, 0.1) is 0 Å². The van der Waals surface area contributed by atoms with Gasteiger partial charge in [0.25, 0.3) is 0 Å². The van der Waals surface area contributed by atoms with Crippen LogP contribution in [0.25, 0.3) is 0 Å². The van der Waals surface area contributed by atoms with E-state index in [1.54, 1.807) is 6.07 Å². The molecule has 0 radical (unpaired) electrons. The van der Waals surface area contributed by atoms with Gasteiger partial charge in [0, 0.05) is 26.6 Å². The van der Waals surface area contributed by atoms with Crippen molar-refractivity contribution in [1.82, 2.24) is 20.2 Å². The lowest BCUT2D eigenvalue weighted by Crippen LogP contribution is -2.07. The Bertz CT molecular complexity index is 558. The maximum atomic E-state index is 6.00. The fourth-order valence-corrected chi connectivity index (χ4v) is 3.34. The van der Waals surface area contributed by atoms with Crippen molar-refractivity contribution in [1.29, 1.82) is 0 Å². The third-order valence-corrected chi connectivity index (χ3v) is 4.42. The molecule has 0 bridgehead atoms. The molecule has 0 aliphatic rings. The fraction of sp³-hybridized carbons (Fsp3) is 0.455. The van der Waals surface area contributed by atoms with Gasteiger partial charge in [-0.25, -0.2) is 9.97 Å². The first-order chi connectivity index (χ1) is 9.08. The van der Waals surface area contributed by atoms with E-state index in [0.29, 0.717) is 5.15 Å². The first kappa shape index (κ1) is 14.5. The van der Waals surface area contributed by atoms with Crippen molar-refractivity contribution in [3.8, 4) is 0 Å². The molecule has 2 heterocycles. The van der Waals surface area contributed by atoms with Crippen molar-refractivity contribution in [2.75, 3.05) is 19.0 Å². The van der Waals surface area contributed by atoms with E-state index in [2.05, 4.69) is 27.1 Å². The maximum Gasteiger partial charge on any atom is 0.208 e. The Hall–Kier alpha value is -0.920. The van der Waals surface area contributed by atoms with Crippen LogP contribution in [0.3, 0.4) is 0 Å². The van der Waals surface area contributed by atoms with E-state index in [0.717, 1.165) is 33.2 Å². The van der Waals surface area contributed by atoms with Gasteiger partial charge in [-0.3, -0.25) is 0 Å². The monoisotopic (exact) mass is 315 g/mol. The Kier molecular flexibility index (Phi) is 4.95. The first-order valence-corrected chi connectivity index (χ1v) is 7.81. The number of halogens is 1. The second kappa shape index (κ2) is 6.49. The summed E-state index contributed by atoms with van der Waals surface area (Å²) in [6, 6.07) is 1.75. The van der Waals surface area contributed by atoms with Crippen LogP contribution in [0.15, 0.2) is 15.4 Å². The summed E-state index contributed by atoms with van der Waals surface area (Å²) in [6.45, 7) is 2.09. The van der Waals surface area contributed by atoms with Crippen LogP contribution < -0.4 is 4.90 Å². The lowest BCUT2D eigenvalue weighted by atomic mass is 10.3. The molecule has 0 spiro atoms. The summed E-state index contributed by atoms with van der Waals surface area (Å²) >= 11 is 8.99. The van der Waals surface area contributed by atoms with E-state index in [-0.39, 0.29) is 0 Å². The van der Waals surface area contributed by atoms with Crippen LogP contribution >= 0.6 is 34.7 Å². The first-order valence-electron chi connectivity index (χ1n) is 5.80. The SMILES string of the molecule is CCCc1nc(Cl)cc(Sc2nnc(N(C)C)s2)n1. The highest BCUT2D eigenvalue weighted by Crippen LogP contribution is 2.32. The van der Waals surface area contributed by atoms with Gasteiger partial charge in [0.05, 0.1) is 0 Å². The summed E-state index contributed by atoms with van der Waals surface area (Å²) in [6.07, 6.45) is 1.82. The summed E-state index contributed by atoms with van der Waals surface area (Å²) < 4.78 is 0.848. The van der Waals surface area contributed by atoms with Gasteiger partial charge in [-0.2, -0.15) is 0 Å². The Balaban J connectivity index is 2.17. The number of aromatic nitrogens is 4. The van der Waals surface area contributed by atoms with Crippen LogP contribution in [0.4, 0.5) is 5.13 Å².